The molecule has 5 heteroatoms. The van der Waals surface area contributed by atoms with Gasteiger partial charge < -0.3 is 0 Å². The van der Waals surface area contributed by atoms with Crippen LogP contribution >= 0.6 is 0 Å². The van der Waals surface area contributed by atoms with Crippen LogP contribution in [-0.4, -0.2) is 25.4 Å². The zero-order valence-corrected chi connectivity index (χ0v) is 27.8. The summed E-state index contributed by atoms with van der Waals surface area (Å²) in [6.45, 7) is 14.2. The van der Waals surface area contributed by atoms with Gasteiger partial charge in [-0.05, 0) is 0 Å². The van der Waals surface area contributed by atoms with E-state index in [-0.39, 0.29) is 12.2 Å². The summed E-state index contributed by atoms with van der Waals surface area (Å²) in [4.78, 5) is 0. The van der Waals surface area contributed by atoms with E-state index in [0.29, 0.717) is 13.2 Å². The summed E-state index contributed by atoms with van der Waals surface area (Å²) >= 11 is -3.73. The first-order valence-corrected chi connectivity index (χ1v) is 19.1. The maximum atomic E-state index is 6.36. The third-order valence-corrected chi connectivity index (χ3v) is 10.9. The van der Waals surface area contributed by atoms with E-state index in [9.17, 15) is 0 Å². The van der Waals surface area contributed by atoms with Crippen LogP contribution in [0.3, 0.4) is 0 Å². The molecule has 0 rings (SSSR count). The Morgan fingerprint density at radius 1 is 0.378 bits per heavy atom. The van der Waals surface area contributed by atoms with Crippen molar-refractivity contribution in [2.45, 2.75) is 195 Å². The van der Waals surface area contributed by atoms with Crippen molar-refractivity contribution in [3.63, 3.8) is 0 Å². The van der Waals surface area contributed by atoms with E-state index in [1.807, 2.05) is 0 Å². The van der Waals surface area contributed by atoms with Crippen molar-refractivity contribution in [3.05, 3.63) is 0 Å². The Labute approximate surface area is 239 Å². The van der Waals surface area contributed by atoms with Crippen molar-refractivity contribution in [2.24, 2.45) is 0 Å². The fourth-order valence-corrected chi connectivity index (χ4v) is 8.39. The zero-order valence-electron chi connectivity index (χ0n) is 26.3. The number of hydrogen-bond acceptors (Lipinski definition) is 4. The molecule has 0 aliphatic rings. The van der Waals surface area contributed by atoms with Crippen LogP contribution in [0, 0.1) is 0 Å². The van der Waals surface area contributed by atoms with Crippen LogP contribution in [-0.2, 0) is 31.4 Å². The molecule has 37 heavy (non-hydrogen) atoms. The molecule has 224 valence electrons. The first-order valence-electron chi connectivity index (χ1n) is 16.6. The number of hydrogen-bond donors (Lipinski definition) is 0. The van der Waals surface area contributed by atoms with Crippen LogP contribution in [0.4, 0.5) is 0 Å². The molecule has 0 spiro atoms. The minimum absolute atomic E-state index is 0.0495. The van der Waals surface area contributed by atoms with E-state index >= 15 is 0 Å². The average Bonchev–Trinajstić information content (AvgIpc) is 2.84. The van der Waals surface area contributed by atoms with Crippen molar-refractivity contribution in [1.29, 1.82) is 0 Å². The van der Waals surface area contributed by atoms with Gasteiger partial charge in [0.25, 0.3) is 0 Å². The van der Waals surface area contributed by atoms with E-state index in [1.165, 1.54) is 128 Å². The van der Waals surface area contributed by atoms with Gasteiger partial charge in [-0.2, -0.15) is 0 Å². The molecule has 4 nitrogen and oxygen atoms in total. The fraction of sp³-hybridized carbons (Fsp3) is 1.00. The van der Waals surface area contributed by atoms with E-state index in [1.54, 1.807) is 0 Å². The molecule has 0 radical (unpaired) electrons. The standard InChI is InChI=1S/C14H29O.C12H25O.2C3H7O.Ti/c1-2-3-4-5-6-7-8-9-10-11-12-13-14-15;1-2-3-4-5-6-7-8-9-10-11-12-13;2*1-3(2)4;/h2-14H2,1H3;2-12H2,1H3;2*3H,1-2H3;/q4*-1;+4. The Morgan fingerprint density at radius 2 is 0.622 bits per heavy atom. The normalized spacial score (nSPS) is 12.3. The molecule has 0 N–H and O–H groups in total. The Balaban J connectivity index is 4.10. The molecule has 0 aliphatic heterocycles. The number of rotatable bonds is 30. The monoisotopic (exact) mass is 564 g/mol. The van der Waals surface area contributed by atoms with E-state index in [2.05, 4.69) is 41.5 Å². The Hall–Kier alpha value is 0.554. The molecule has 0 aromatic heterocycles. The summed E-state index contributed by atoms with van der Waals surface area (Å²) in [5, 5.41) is 0. The second-order valence-corrected chi connectivity index (χ2v) is 14.8. The molecule has 0 saturated carbocycles. The van der Waals surface area contributed by atoms with Gasteiger partial charge in [0.05, 0.1) is 0 Å². The van der Waals surface area contributed by atoms with Crippen molar-refractivity contribution < 1.29 is 31.4 Å². The molecular formula is C32H68O4Ti. The van der Waals surface area contributed by atoms with Crippen LogP contribution < -0.4 is 0 Å². The van der Waals surface area contributed by atoms with Crippen LogP contribution in [0.1, 0.15) is 183 Å². The van der Waals surface area contributed by atoms with Gasteiger partial charge in [0.15, 0.2) is 0 Å². The van der Waals surface area contributed by atoms with Gasteiger partial charge in [-0.3, -0.25) is 0 Å². The molecule has 0 bridgehead atoms. The van der Waals surface area contributed by atoms with Crippen molar-refractivity contribution in [1.82, 2.24) is 0 Å². The van der Waals surface area contributed by atoms with Crippen LogP contribution in [0.2, 0.25) is 0 Å². The molecule has 0 amide bonds. The third kappa shape index (κ3) is 26.5. The molecule has 0 heterocycles. The Morgan fingerprint density at radius 3 is 0.865 bits per heavy atom. The molecule has 0 fully saturated rings. The summed E-state index contributed by atoms with van der Waals surface area (Å²) in [5.74, 6) is 0. The van der Waals surface area contributed by atoms with Gasteiger partial charge in [0.1, 0.15) is 0 Å². The van der Waals surface area contributed by atoms with Gasteiger partial charge in [-0.15, -0.1) is 0 Å². The van der Waals surface area contributed by atoms with Crippen LogP contribution in [0.5, 0.6) is 0 Å². The molecule has 0 aliphatic carbocycles. The first kappa shape index (κ1) is 37.6. The van der Waals surface area contributed by atoms with Gasteiger partial charge in [0.2, 0.25) is 0 Å². The quantitative estimate of drug-likeness (QED) is 0.0642. The zero-order chi connectivity index (χ0) is 27.5. The third-order valence-electron chi connectivity index (χ3n) is 6.81. The number of unbranched alkanes of at least 4 members (excludes halogenated alkanes) is 20. The van der Waals surface area contributed by atoms with Crippen molar-refractivity contribution in [2.75, 3.05) is 13.2 Å². The molecule has 0 aromatic rings. The van der Waals surface area contributed by atoms with Gasteiger partial charge in [-0.25, -0.2) is 0 Å². The van der Waals surface area contributed by atoms with Crippen LogP contribution in [0.15, 0.2) is 0 Å². The molecule has 0 unspecified atom stereocenters. The predicted molar refractivity (Wildman–Crippen MR) is 157 cm³/mol. The maximum absolute atomic E-state index is 6.36. The van der Waals surface area contributed by atoms with E-state index in [4.69, 9.17) is 13.3 Å². The molecule has 0 atom stereocenters. The van der Waals surface area contributed by atoms with Gasteiger partial charge in [-0.1, -0.05) is 26.7 Å². The summed E-state index contributed by atoms with van der Waals surface area (Å²) < 4.78 is 25.2. The van der Waals surface area contributed by atoms with Gasteiger partial charge in [0, 0.05) is 0 Å². The van der Waals surface area contributed by atoms with Crippen molar-refractivity contribution in [3.8, 4) is 0 Å². The summed E-state index contributed by atoms with van der Waals surface area (Å²) in [5.41, 5.74) is 0. The average molecular weight is 565 g/mol. The molecule has 0 aromatic carbocycles. The SMILES string of the molecule is CCCCCCCCCCCCCC[O][Ti]([O]CCCCCCCCCCCC)([O]C(C)C)[O]C(C)C. The Kier molecular flexibility index (Phi) is 28.5. The Bertz CT molecular complexity index is 435. The second-order valence-electron chi connectivity index (χ2n) is 11.6. The second kappa shape index (κ2) is 28.1. The fourth-order valence-electron chi connectivity index (χ4n) is 4.71. The van der Waals surface area contributed by atoms with Crippen LogP contribution in [0.25, 0.3) is 0 Å². The summed E-state index contributed by atoms with van der Waals surface area (Å²) in [7, 11) is 0. The minimum atomic E-state index is -3.73. The first-order chi connectivity index (χ1) is 18.0. The molecular weight excluding hydrogens is 496 g/mol. The molecule has 0 saturated heterocycles. The topological polar surface area (TPSA) is 36.9 Å². The summed E-state index contributed by atoms with van der Waals surface area (Å²) in [6.07, 6.45) is 29.5. The summed E-state index contributed by atoms with van der Waals surface area (Å²) in [6, 6.07) is 0. The predicted octanol–water partition coefficient (Wildman–Crippen LogP) is 11.3. The van der Waals surface area contributed by atoms with Gasteiger partial charge >= 0.3 is 213 Å². The van der Waals surface area contributed by atoms with Crippen molar-refractivity contribution >= 4 is 0 Å². The van der Waals surface area contributed by atoms with E-state index < -0.39 is 18.1 Å². The van der Waals surface area contributed by atoms with E-state index in [0.717, 1.165) is 12.8 Å².